The quantitative estimate of drug-likeness (QED) is 0.121. The SMILES string of the molecule is CC(C)(ON=C(C(=O)NC1C(=O)N2C(C(=O)[O-])=C(C[n+]3ccc4ccccc4c3)CS[C@@H]12)c1nsc(N)n1)C(=O)O. The standard InChI is InChI=1S/C25H23N7O7S2/c1-25(2,23(37)38)39-29-15(18-28-24(26)41-30-18)19(33)27-16-20(34)32-17(22(35)36)14(11-40-21(16)32)10-31-8-7-12-5-3-4-6-13(12)9-31/h3-9,16,21H,10-11H2,1-2H3,(H4-,26,27,28,30,33,35,36,37,38)/t16?,21-/m0/s1. The van der Waals surface area contributed by atoms with Crippen molar-refractivity contribution in [1.29, 1.82) is 0 Å². The number of hydrogen-bond donors (Lipinski definition) is 3. The van der Waals surface area contributed by atoms with Gasteiger partial charge in [0.05, 0.1) is 11.7 Å². The third kappa shape index (κ3) is 5.43. The van der Waals surface area contributed by atoms with E-state index in [0.29, 0.717) is 5.57 Å². The largest absolute Gasteiger partial charge is 0.543 e. The topological polar surface area (TPSA) is 204 Å². The number of amides is 2. The minimum Gasteiger partial charge on any atom is -0.543 e. The molecule has 0 spiro atoms. The van der Waals surface area contributed by atoms with E-state index in [9.17, 15) is 29.4 Å². The van der Waals surface area contributed by atoms with E-state index in [-0.39, 0.29) is 29.0 Å². The first-order valence-electron chi connectivity index (χ1n) is 12.1. The number of aromatic nitrogens is 3. The minimum atomic E-state index is -1.79. The number of nitrogens with two attached hydrogens (primary N) is 1. The van der Waals surface area contributed by atoms with Crippen LogP contribution in [0.3, 0.4) is 0 Å². The number of rotatable bonds is 9. The molecule has 2 amide bonds. The number of thioether (sulfide) groups is 1. The van der Waals surface area contributed by atoms with E-state index in [1.807, 2.05) is 47.3 Å². The van der Waals surface area contributed by atoms with Crippen molar-refractivity contribution < 1.29 is 38.8 Å². The van der Waals surface area contributed by atoms with Gasteiger partial charge in [0.25, 0.3) is 11.8 Å². The lowest BCUT2D eigenvalue weighted by Gasteiger charge is -2.50. The summed E-state index contributed by atoms with van der Waals surface area (Å²) in [5.41, 5.74) is 3.59. The normalized spacial score (nSPS) is 19.0. The lowest BCUT2D eigenvalue weighted by atomic mass is 10.0. The molecule has 4 N–H and O–H groups in total. The van der Waals surface area contributed by atoms with Gasteiger partial charge in [-0.15, -0.1) is 11.8 Å². The molecule has 3 aromatic rings. The maximum Gasteiger partial charge on any atom is 0.350 e. The van der Waals surface area contributed by atoms with Crippen LogP contribution in [0.5, 0.6) is 0 Å². The highest BCUT2D eigenvalue weighted by Gasteiger charge is 2.53. The third-order valence-electron chi connectivity index (χ3n) is 6.40. The van der Waals surface area contributed by atoms with Crippen LogP contribution >= 0.6 is 23.3 Å². The molecule has 41 heavy (non-hydrogen) atoms. The molecule has 5 rings (SSSR count). The molecule has 2 aromatic heterocycles. The zero-order valence-corrected chi connectivity index (χ0v) is 23.3. The molecule has 2 atom stereocenters. The predicted molar refractivity (Wildman–Crippen MR) is 145 cm³/mol. The van der Waals surface area contributed by atoms with Gasteiger partial charge >= 0.3 is 5.97 Å². The van der Waals surface area contributed by atoms with E-state index in [1.54, 1.807) is 0 Å². The lowest BCUT2D eigenvalue weighted by molar-refractivity contribution is -0.687. The van der Waals surface area contributed by atoms with Crippen LogP contribution in [0.25, 0.3) is 10.8 Å². The number of carbonyl (C=O) groups is 4. The summed E-state index contributed by atoms with van der Waals surface area (Å²) in [4.78, 5) is 60.0. The fourth-order valence-electron chi connectivity index (χ4n) is 4.21. The van der Waals surface area contributed by atoms with Gasteiger partial charge in [-0.3, -0.25) is 14.5 Å². The molecule has 0 aliphatic carbocycles. The predicted octanol–water partition coefficient (Wildman–Crippen LogP) is -0.751. The summed E-state index contributed by atoms with van der Waals surface area (Å²) in [6.45, 7) is 2.68. The Hall–Kier alpha value is -4.57. The average molecular weight is 598 g/mol. The van der Waals surface area contributed by atoms with Gasteiger partial charge in [0, 0.05) is 34.3 Å². The van der Waals surface area contributed by atoms with E-state index < -0.39 is 46.5 Å². The average Bonchev–Trinajstić information content (AvgIpc) is 3.36. The van der Waals surface area contributed by atoms with E-state index in [0.717, 1.165) is 27.2 Å². The number of fused-ring (bicyclic) bond motifs is 2. The number of pyridine rings is 1. The Kier molecular flexibility index (Phi) is 7.35. The summed E-state index contributed by atoms with van der Waals surface area (Å²) in [6.07, 6.45) is 3.72. The van der Waals surface area contributed by atoms with Crippen molar-refractivity contribution in [3.8, 4) is 0 Å². The molecule has 1 fully saturated rings. The number of nitrogen functional groups attached to an aromatic ring is 1. The number of nitrogens with zero attached hydrogens (tertiary/aromatic N) is 5. The van der Waals surface area contributed by atoms with Gasteiger partial charge in [0.15, 0.2) is 24.1 Å². The van der Waals surface area contributed by atoms with Crippen molar-refractivity contribution in [3.05, 3.63) is 59.8 Å². The van der Waals surface area contributed by atoms with Crippen LogP contribution in [0.1, 0.15) is 19.7 Å². The van der Waals surface area contributed by atoms with Crippen molar-refractivity contribution in [2.75, 3.05) is 11.5 Å². The Bertz CT molecular complexity index is 1650. The summed E-state index contributed by atoms with van der Waals surface area (Å²) < 4.78 is 5.76. The first-order chi connectivity index (χ1) is 19.5. The minimum absolute atomic E-state index is 0.0206. The molecule has 212 valence electrons. The van der Waals surface area contributed by atoms with Crippen LogP contribution in [0.2, 0.25) is 0 Å². The zero-order valence-electron chi connectivity index (χ0n) is 21.6. The molecule has 14 nitrogen and oxygen atoms in total. The number of β-lactam (4-membered cyclic amide) rings is 1. The summed E-state index contributed by atoms with van der Waals surface area (Å²) in [7, 11) is 0. The van der Waals surface area contributed by atoms with Crippen LogP contribution in [-0.2, 0) is 30.6 Å². The van der Waals surface area contributed by atoms with E-state index in [2.05, 4.69) is 19.8 Å². The molecule has 0 saturated carbocycles. The van der Waals surface area contributed by atoms with Crippen molar-refractivity contribution in [2.45, 2.75) is 37.4 Å². The summed E-state index contributed by atoms with van der Waals surface area (Å²) in [5.74, 6) is -4.39. The maximum atomic E-state index is 13.2. The zero-order chi connectivity index (χ0) is 29.5. The Balaban J connectivity index is 1.36. The lowest BCUT2D eigenvalue weighted by Crippen LogP contribution is -2.71. The highest BCUT2D eigenvalue weighted by Crippen LogP contribution is 2.40. The van der Waals surface area contributed by atoms with Gasteiger partial charge < -0.3 is 30.9 Å². The summed E-state index contributed by atoms with van der Waals surface area (Å²) in [6, 6.07) is 8.55. The Labute approximate surface area is 240 Å². The van der Waals surface area contributed by atoms with Crippen LogP contribution < -0.4 is 20.7 Å². The number of carbonyl (C=O) groups excluding carboxylic acids is 3. The van der Waals surface area contributed by atoms with Crippen LogP contribution in [0.4, 0.5) is 5.13 Å². The molecule has 2 aliphatic heterocycles. The smallest absolute Gasteiger partial charge is 0.350 e. The Morgan fingerprint density at radius 3 is 2.68 bits per heavy atom. The molecule has 4 heterocycles. The second kappa shape index (κ2) is 10.8. The summed E-state index contributed by atoms with van der Waals surface area (Å²) >= 11 is 2.06. The van der Waals surface area contributed by atoms with E-state index >= 15 is 0 Å². The highest BCUT2D eigenvalue weighted by molar-refractivity contribution is 8.00. The van der Waals surface area contributed by atoms with Crippen molar-refractivity contribution in [2.24, 2.45) is 5.16 Å². The van der Waals surface area contributed by atoms with Gasteiger partial charge in [-0.05, 0) is 25.3 Å². The highest BCUT2D eigenvalue weighted by atomic mass is 32.2. The number of oxime groups is 1. The van der Waals surface area contributed by atoms with E-state index in [1.165, 1.54) is 25.6 Å². The third-order valence-corrected chi connectivity index (χ3v) is 8.28. The Morgan fingerprint density at radius 2 is 2.02 bits per heavy atom. The molecule has 1 saturated heterocycles. The molecule has 1 aromatic carbocycles. The monoisotopic (exact) mass is 597 g/mol. The van der Waals surface area contributed by atoms with Gasteiger partial charge in [0.1, 0.15) is 11.4 Å². The molecule has 2 aliphatic rings. The number of carboxylic acid groups (broad SMARTS) is 2. The van der Waals surface area contributed by atoms with Crippen LogP contribution in [0, 0.1) is 0 Å². The van der Waals surface area contributed by atoms with Gasteiger partial charge in [-0.25, -0.2) is 9.36 Å². The molecule has 0 radical (unpaired) electrons. The number of nitrogens with one attached hydrogen (secondary N) is 1. The molecule has 1 unspecified atom stereocenters. The number of carboxylic acids is 2. The molecular formula is C25H23N7O7S2. The van der Waals surface area contributed by atoms with Crippen molar-refractivity contribution in [3.63, 3.8) is 0 Å². The van der Waals surface area contributed by atoms with Gasteiger partial charge in [-0.1, -0.05) is 23.4 Å². The first-order valence-corrected chi connectivity index (χ1v) is 13.9. The fourth-order valence-corrected chi connectivity index (χ4v) is 5.98. The molecular weight excluding hydrogens is 574 g/mol. The fraction of sp³-hybridized carbons (Fsp3) is 0.280. The second-order valence-electron chi connectivity index (χ2n) is 9.65. The maximum absolute atomic E-state index is 13.2. The number of hydrogen-bond acceptors (Lipinski definition) is 12. The number of benzene rings is 1. The first kappa shape index (κ1) is 28.0. The molecule has 16 heteroatoms. The van der Waals surface area contributed by atoms with Crippen molar-refractivity contribution in [1.82, 2.24) is 19.6 Å². The number of anilines is 1. The van der Waals surface area contributed by atoms with Gasteiger partial charge in [-0.2, -0.15) is 9.36 Å². The molecule has 0 bridgehead atoms. The van der Waals surface area contributed by atoms with Gasteiger partial charge in [0.2, 0.25) is 17.1 Å². The van der Waals surface area contributed by atoms with Crippen molar-refractivity contribution >= 4 is 68.7 Å². The van der Waals surface area contributed by atoms with E-state index in [4.69, 9.17) is 10.6 Å². The Morgan fingerprint density at radius 1 is 1.29 bits per heavy atom. The van der Waals surface area contributed by atoms with Crippen LogP contribution in [-0.4, -0.2) is 71.6 Å². The summed E-state index contributed by atoms with van der Waals surface area (Å²) in [5, 5.41) is 29.0. The second-order valence-corrected chi connectivity index (χ2v) is 11.5. The van der Waals surface area contributed by atoms with Crippen LogP contribution in [0.15, 0.2) is 59.2 Å². The number of aliphatic carboxylic acids is 2.